The number of anilines is 1. The van der Waals surface area contributed by atoms with E-state index >= 15 is 0 Å². The average Bonchev–Trinajstić information content (AvgIpc) is 2.55. The molecule has 8 heteroatoms. The minimum absolute atomic E-state index is 0.0496. The largest absolute Gasteiger partial charge is 0.482 e. The highest BCUT2D eigenvalue weighted by atomic mass is 35.5. The minimum atomic E-state index is -0.559. The zero-order valence-electron chi connectivity index (χ0n) is 12.4. The number of benzene rings is 2. The van der Waals surface area contributed by atoms with Gasteiger partial charge in [-0.3, -0.25) is 4.79 Å². The number of halogens is 3. The average molecular weight is 372 g/mol. The lowest BCUT2D eigenvalue weighted by molar-refractivity contribution is -0.118. The number of esters is 1. The zero-order chi connectivity index (χ0) is 17.7. The number of hydrogen-bond acceptors (Lipinski definition) is 4. The molecule has 0 radical (unpaired) electrons. The van der Waals surface area contributed by atoms with Gasteiger partial charge in [0.05, 0.1) is 28.4 Å². The van der Waals surface area contributed by atoms with Gasteiger partial charge in [-0.25, -0.2) is 9.18 Å². The first-order chi connectivity index (χ1) is 11.4. The van der Waals surface area contributed by atoms with Gasteiger partial charge in [-0.2, -0.15) is 0 Å². The molecule has 2 aromatic rings. The SMILES string of the molecule is COC(=O)c1ccc(Cl)c(NC(=O)COc2ccc(F)cc2Cl)c1. The lowest BCUT2D eigenvalue weighted by Gasteiger charge is -2.10. The first-order valence-electron chi connectivity index (χ1n) is 6.66. The third kappa shape index (κ3) is 4.59. The third-order valence-corrected chi connectivity index (χ3v) is 3.54. The van der Waals surface area contributed by atoms with Crippen molar-refractivity contribution in [2.24, 2.45) is 0 Å². The van der Waals surface area contributed by atoms with Crippen LogP contribution in [0.5, 0.6) is 5.75 Å². The first-order valence-corrected chi connectivity index (χ1v) is 7.42. The molecule has 0 aliphatic carbocycles. The monoisotopic (exact) mass is 371 g/mol. The summed E-state index contributed by atoms with van der Waals surface area (Å²) in [6.45, 7) is -0.371. The molecule has 0 aromatic heterocycles. The van der Waals surface area contributed by atoms with Gasteiger partial charge in [0.15, 0.2) is 6.61 Å². The molecule has 0 aliphatic rings. The van der Waals surface area contributed by atoms with Gasteiger partial charge >= 0.3 is 5.97 Å². The Morgan fingerprint density at radius 3 is 2.54 bits per heavy atom. The fourth-order valence-corrected chi connectivity index (χ4v) is 2.17. The van der Waals surface area contributed by atoms with Crippen molar-refractivity contribution in [2.75, 3.05) is 19.0 Å². The van der Waals surface area contributed by atoms with Gasteiger partial charge in [-0.05, 0) is 36.4 Å². The number of amides is 1. The van der Waals surface area contributed by atoms with Crippen molar-refractivity contribution in [3.63, 3.8) is 0 Å². The Hall–Kier alpha value is -2.31. The molecule has 0 fully saturated rings. The lowest BCUT2D eigenvalue weighted by atomic mass is 10.2. The number of carbonyl (C=O) groups excluding carboxylic acids is 2. The fourth-order valence-electron chi connectivity index (χ4n) is 1.79. The molecule has 0 unspecified atom stereocenters. The van der Waals surface area contributed by atoms with Gasteiger partial charge < -0.3 is 14.8 Å². The molecule has 2 aromatic carbocycles. The van der Waals surface area contributed by atoms with Gasteiger partial charge in [0.1, 0.15) is 11.6 Å². The second-order valence-corrected chi connectivity index (χ2v) is 5.41. The van der Waals surface area contributed by atoms with Gasteiger partial charge in [-0.15, -0.1) is 0 Å². The summed E-state index contributed by atoms with van der Waals surface area (Å²) in [5.41, 5.74) is 0.470. The molecule has 0 atom stereocenters. The maximum atomic E-state index is 12.9. The minimum Gasteiger partial charge on any atom is -0.482 e. The quantitative estimate of drug-likeness (QED) is 0.808. The summed E-state index contributed by atoms with van der Waals surface area (Å²) in [4.78, 5) is 23.4. The molecule has 1 N–H and O–H groups in total. The Morgan fingerprint density at radius 2 is 1.88 bits per heavy atom. The maximum absolute atomic E-state index is 12.9. The highest BCUT2D eigenvalue weighted by Gasteiger charge is 2.12. The second-order valence-electron chi connectivity index (χ2n) is 4.60. The van der Waals surface area contributed by atoms with E-state index in [1.54, 1.807) is 0 Å². The normalized spacial score (nSPS) is 10.2. The second kappa shape index (κ2) is 7.99. The maximum Gasteiger partial charge on any atom is 0.337 e. The van der Waals surface area contributed by atoms with E-state index in [0.717, 1.165) is 12.1 Å². The van der Waals surface area contributed by atoms with Crippen molar-refractivity contribution in [1.29, 1.82) is 0 Å². The van der Waals surface area contributed by atoms with Crippen LogP contribution in [0.4, 0.5) is 10.1 Å². The predicted octanol–water partition coefficient (Wildman–Crippen LogP) is 3.94. The Labute approximate surface area is 147 Å². The van der Waals surface area contributed by atoms with Crippen LogP contribution in [-0.2, 0) is 9.53 Å². The Kier molecular flexibility index (Phi) is 6.00. The summed E-state index contributed by atoms with van der Waals surface area (Å²) < 4.78 is 22.8. The topological polar surface area (TPSA) is 64.6 Å². The molecule has 0 heterocycles. The highest BCUT2D eigenvalue weighted by molar-refractivity contribution is 6.34. The molecule has 0 bridgehead atoms. The Balaban J connectivity index is 2.03. The number of carbonyl (C=O) groups is 2. The molecule has 5 nitrogen and oxygen atoms in total. The molecule has 0 saturated heterocycles. The van der Waals surface area contributed by atoms with Crippen molar-refractivity contribution in [3.8, 4) is 5.75 Å². The van der Waals surface area contributed by atoms with E-state index in [2.05, 4.69) is 10.1 Å². The van der Waals surface area contributed by atoms with E-state index in [1.165, 1.54) is 31.4 Å². The summed E-state index contributed by atoms with van der Waals surface area (Å²) in [6.07, 6.45) is 0. The number of methoxy groups -OCH3 is 1. The molecule has 24 heavy (non-hydrogen) atoms. The number of hydrogen-bond donors (Lipinski definition) is 1. The highest BCUT2D eigenvalue weighted by Crippen LogP contribution is 2.26. The Bertz CT molecular complexity index is 783. The molecule has 0 aliphatic heterocycles. The molecular formula is C16H12Cl2FNO4. The summed E-state index contributed by atoms with van der Waals surface area (Å²) in [7, 11) is 1.25. The van der Waals surface area contributed by atoms with Crippen LogP contribution in [-0.4, -0.2) is 25.6 Å². The standard InChI is InChI=1S/C16H12Cl2FNO4/c1-23-16(22)9-2-4-11(17)13(6-9)20-15(21)8-24-14-5-3-10(19)7-12(14)18/h2-7H,8H2,1H3,(H,20,21). The summed E-state index contributed by atoms with van der Waals surface area (Å²) in [5, 5.41) is 2.81. The van der Waals surface area contributed by atoms with Gasteiger partial charge in [0.2, 0.25) is 0 Å². The van der Waals surface area contributed by atoms with Gasteiger partial charge in [0, 0.05) is 0 Å². The van der Waals surface area contributed by atoms with Crippen LogP contribution in [0.25, 0.3) is 0 Å². The van der Waals surface area contributed by atoms with Crippen LogP contribution < -0.4 is 10.1 Å². The molecule has 0 spiro atoms. The van der Waals surface area contributed by atoms with Crippen LogP contribution in [0.3, 0.4) is 0 Å². The Morgan fingerprint density at radius 1 is 1.12 bits per heavy atom. The van der Waals surface area contributed by atoms with Crippen molar-refractivity contribution in [3.05, 3.63) is 57.8 Å². The van der Waals surface area contributed by atoms with E-state index < -0.39 is 17.7 Å². The summed E-state index contributed by atoms with van der Waals surface area (Å²) in [5.74, 6) is -1.43. The van der Waals surface area contributed by atoms with Crippen molar-refractivity contribution in [1.82, 2.24) is 0 Å². The van der Waals surface area contributed by atoms with E-state index in [0.29, 0.717) is 0 Å². The predicted molar refractivity (Wildman–Crippen MR) is 88.3 cm³/mol. The van der Waals surface area contributed by atoms with E-state index in [1.807, 2.05) is 0 Å². The van der Waals surface area contributed by atoms with E-state index in [4.69, 9.17) is 27.9 Å². The van der Waals surface area contributed by atoms with Crippen LogP contribution in [0.15, 0.2) is 36.4 Å². The van der Waals surface area contributed by atoms with Gasteiger partial charge in [0.25, 0.3) is 5.91 Å². The number of nitrogens with one attached hydrogen (secondary N) is 1. The van der Waals surface area contributed by atoms with E-state index in [9.17, 15) is 14.0 Å². The van der Waals surface area contributed by atoms with Crippen LogP contribution >= 0.6 is 23.2 Å². The molecule has 2 rings (SSSR count). The lowest BCUT2D eigenvalue weighted by Crippen LogP contribution is -2.20. The molecule has 1 amide bonds. The van der Waals surface area contributed by atoms with Crippen molar-refractivity contribution in [2.45, 2.75) is 0 Å². The summed E-state index contributed by atoms with van der Waals surface area (Å²) >= 11 is 11.8. The molecular weight excluding hydrogens is 360 g/mol. The van der Waals surface area contributed by atoms with Crippen LogP contribution in [0, 0.1) is 5.82 Å². The molecule has 0 saturated carbocycles. The summed E-state index contributed by atoms with van der Waals surface area (Å²) in [6, 6.07) is 7.87. The third-order valence-electron chi connectivity index (χ3n) is 2.91. The first kappa shape index (κ1) is 18.0. The smallest absolute Gasteiger partial charge is 0.337 e. The van der Waals surface area contributed by atoms with Crippen molar-refractivity contribution >= 4 is 40.8 Å². The fraction of sp³-hybridized carbons (Fsp3) is 0.125. The van der Waals surface area contributed by atoms with Crippen molar-refractivity contribution < 1.29 is 23.5 Å². The van der Waals surface area contributed by atoms with Crippen LogP contribution in [0.2, 0.25) is 10.0 Å². The van der Waals surface area contributed by atoms with Gasteiger partial charge in [-0.1, -0.05) is 23.2 Å². The van der Waals surface area contributed by atoms with Crippen LogP contribution in [0.1, 0.15) is 10.4 Å². The van der Waals surface area contributed by atoms with E-state index in [-0.39, 0.29) is 33.7 Å². The zero-order valence-corrected chi connectivity index (χ0v) is 13.9. The number of rotatable bonds is 5. The number of ether oxygens (including phenoxy) is 2. The molecule has 126 valence electrons.